The van der Waals surface area contributed by atoms with Gasteiger partial charge in [-0.05, 0) is 49.3 Å². The normalized spacial score (nSPS) is 15.9. The van der Waals surface area contributed by atoms with Crippen LogP contribution in [0.25, 0.3) is 5.69 Å². The Bertz CT molecular complexity index is 690. The fraction of sp³-hybridized carbons (Fsp3) is 0.412. The van der Waals surface area contributed by atoms with Crippen molar-refractivity contribution >= 4 is 17.7 Å². The molecule has 1 saturated heterocycles. The monoisotopic (exact) mass is 333 g/mol. The predicted octanol–water partition coefficient (Wildman–Crippen LogP) is 3.61. The molecule has 23 heavy (non-hydrogen) atoms. The Balaban J connectivity index is 1.95. The Hall–Kier alpha value is -1.82. The van der Waals surface area contributed by atoms with Gasteiger partial charge in [-0.25, -0.2) is 9.37 Å². The van der Waals surface area contributed by atoms with Crippen LogP contribution in [0.3, 0.4) is 0 Å². The van der Waals surface area contributed by atoms with E-state index < -0.39 is 0 Å². The van der Waals surface area contributed by atoms with E-state index in [9.17, 15) is 9.18 Å². The average Bonchev–Trinajstić information content (AvgIpc) is 2.99. The Morgan fingerprint density at radius 1 is 1.26 bits per heavy atom. The fourth-order valence-corrected chi connectivity index (χ4v) is 3.39. The number of likely N-dealkylation sites (tertiary alicyclic amines) is 1. The second kappa shape index (κ2) is 6.74. The average molecular weight is 333 g/mol. The van der Waals surface area contributed by atoms with E-state index in [0.29, 0.717) is 11.6 Å². The first-order valence-corrected chi connectivity index (χ1v) is 8.99. The largest absolute Gasteiger partial charge is 0.337 e. The van der Waals surface area contributed by atoms with Crippen LogP contribution in [0.2, 0.25) is 0 Å². The zero-order valence-electron chi connectivity index (χ0n) is 13.3. The lowest BCUT2D eigenvalue weighted by Crippen LogP contribution is -2.38. The first-order valence-electron chi connectivity index (χ1n) is 7.77. The lowest BCUT2D eigenvalue weighted by Gasteiger charge is -2.30. The molecule has 0 radical (unpaired) electrons. The highest BCUT2D eigenvalue weighted by molar-refractivity contribution is 7.98. The van der Waals surface area contributed by atoms with E-state index in [1.165, 1.54) is 23.9 Å². The number of carbonyl (C=O) groups is 1. The molecular weight excluding hydrogens is 313 g/mol. The third-order valence-electron chi connectivity index (χ3n) is 4.29. The molecule has 0 saturated carbocycles. The first-order chi connectivity index (χ1) is 11.1. The molecule has 122 valence electrons. The number of rotatable bonds is 3. The first kappa shape index (κ1) is 16.1. The summed E-state index contributed by atoms with van der Waals surface area (Å²) >= 11 is 1.47. The number of thioether (sulfide) groups is 1. The minimum atomic E-state index is -0.294. The number of hydrogen-bond acceptors (Lipinski definition) is 3. The minimum absolute atomic E-state index is 0.00553. The van der Waals surface area contributed by atoms with Crippen molar-refractivity contribution in [3.63, 3.8) is 0 Å². The number of benzene rings is 1. The van der Waals surface area contributed by atoms with Crippen molar-refractivity contribution < 1.29 is 9.18 Å². The van der Waals surface area contributed by atoms with Crippen LogP contribution in [0.1, 0.15) is 30.3 Å². The number of halogens is 1. The second-order valence-corrected chi connectivity index (χ2v) is 6.69. The third-order valence-corrected chi connectivity index (χ3v) is 4.94. The Morgan fingerprint density at radius 2 is 1.91 bits per heavy atom. The number of nitrogens with zero attached hydrogens (tertiary/aromatic N) is 3. The zero-order chi connectivity index (χ0) is 16.4. The smallest absolute Gasteiger partial charge is 0.272 e. The number of hydrogen-bond donors (Lipinski definition) is 0. The minimum Gasteiger partial charge on any atom is -0.337 e. The van der Waals surface area contributed by atoms with Gasteiger partial charge in [-0.15, -0.1) is 0 Å². The van der Waals surface area contributed by atoms with Crippen molar-refractivity contribution in [2.45, 2.75) is 24.9 Å². The van der Waals surface area contributed by atoms with E-state index in [-0.39, 0.29) is 11.7 Å². The number of amides is 1. The number of carbonyl (C=O) groups excluding carboxylic acids is 1. The molecule has 1 aromatic heterocycles. The fourth-order valence-electron chi connectivity index (χ4n) is 2.84. The Kier molecular flexibility index (Phi) is 4.71. The quantitative estimate of drug-likeness (QED) is 0.806. The summed E-state index contributed by atoms with van der Waals surface area (Å²) in [4.78, 5) is 19.1. The van der Waals surface area contributed by atoms with Crippen LogP contribution in [-0.2, 0) is 0 Å². The standard InChI is InChI=1S/C17H20FN3OS/c1-12-7-9-20(10-8-12)16(22)15-11-19-17(23-2)21(15)14-5-3-13(18)4-6-14/h3-6,11-12H,7-10H2,1-2H3. The highest BCUT2D eigenvalue weighted by atomic mass is 32.2. The van der Waals surface area contributed by atoms with E-state index in [4.69, 9.17) is 0 Å². The van der Waals surface area contributed by atoms with Gasteiger partial charge in [-0.1, -0.05) is 18.7 Å². The maximum atomic E-state index is 13.2. The predicted molar refractivity (Wildman–Crippen MR) is 89.6 cm³/mol. The molecule has 3 rings (SSSR count). The van der Waals surface area contributed by atoms with Gasteiger partial charge < -0.3 is 4.90 Å². The summed E-state index contributed by atoms with van der Waals surface area (Å²) in [5.41, 5.74) is 1.29. The molecule has 6 heteroatoms. The van der Waals surface area contributed by atoms with Gasteiger partial charge in [-0.2, -0.15) is 0 Å². The molecule has 2 aromatic rings. The van der Waals surface area contributed by atoms with Crippen LogP contribution < -0.4 is 0 Å². The topological polar surface area (TPSA) is 38.1 Å². The van der Waals surface area contributed by atoms with Crippen molar-refractivity contribution in [1.82, 2.24) is 14.5 Å². The summed E-state index contributed by atoms with van der Waals surface area (Å²) in [7, 11) is 0. The van der Waals surface area contributed by atoms with Crippen LogP contribution in [0.4, 0.5) is 4.39 Å². The van der Waals surface area contributed by atoms with Gasteiger partial charge in [0, 0.05) is 18.8 Å². The van der Waals surface area contributed by atoms with Crippen molar-refractivity contribution in [3.05, 3.63) is 42.0 Å². The summed E-state index contributed by atoms with van der Waals surface area (Å²) in [5, 5.41) is 0.727. The molecule has 1 fully saturated rings. The molecule has 0 aliphatic carbocycles. The van der Waals surface area contributed by atoms with Crippen LogP contribution in [0.5, 0.6) is 0 Å². The highest BCUT2D eigenvalue weighted by Gasteiger charge is 2.25. The molecule has 1 aliphatic rings. The summed E-state index contributed by atoms with van der Waals surface area (Å²) in [5.74, 6) is 0.370. The molecule has 4 nitrogen and oxygen atoms in total. The summed E-state index contributed by atoms with van der Waals surface area (Å²) in [6.07, 6.45) is 5.60. The van der Waals surface area contributed by atoms with Gasteiger partial charge in [0.1, 0.15) is 11.5 Å². The van der Waals surface area contributed by atoms with Gasteiger partial charge in [0.05, 0.1) is 6.20 Å². The van der Waals surface area contributed by atoms with E-state index in [0.717, 1.165) is 36.8 Å². The van der Waals surface area contributed by atoms with Gasteiger partial charge in [0.25, 0.3) is 5.91 Å². The second-order valence-electron chi connectivity index (χ2n) is 5.92. The van der Waals surface area contributed by atoms with Gasteiger partial charge in [0.15, 0.2) is 5.16 Å². The Labute approximate surface area is 139 Å². The molecule has 1 amide bonds. The maximum Gasteiger partial charge on any atom is 0.272 e. The molecule has 0 N–H and O–H groups in total. The third kappa shape index (κ3) is 3.27. The number of aromatic nitrogens is 2. The lowest BCUT2D eigenvalue weighted by atomic mass is 9.99. The van der Waals surface area contributed by atoms with Gasteiger partial charge >= 0.3 is 0 Å². The zero-order valence-corrected chi connectivity index (χ0v) is 14.1. The van der Waals surface area contributed by atoms with Crippen molar-refractivity contribution in [3.8, 4) is 5.69 Å². The number of imidazole rings is 1. The molecule has 0 unspecified atom stereocenters. The molecule has 0 spiro atoms. The van der Waals surface area contributed by atoms with Crippen LogP contribution in [0, 0.1) is 11.7 Å². The molecule has 0 atom stereocenters. The summed E-state index contributed by atoms with van der Waals surface area (Å²) in [6.45, 7) is 3.78. The number of piperidine rings is 1. The lowest BCUT2D eigenvalue weighted by molar-refractivity contribution is 0.0688. The summed E-state index contributed by atoms with van der Waals surface area (Å²) < 4.78 is 15.0. The van der Waals surface area contributed by atoms with Crippen molar-refractivity contribution in [2.75, 3.05) is 19.3 Å². The maximum absolute atomic E-state index is 13.2. The Morgan fingerprint density at radius 3 is 2.52 bits per heavy atom. The van der Waals surface area contributed by atoms with Crippen molar-refractivity contribution in [2.24, 2.45) is 5.92 Å². The van der Waals surface area contributed by atoms with Crippen LogP contribution in [0.15, 0.2) is 35.6 Å². The van der Waals surface area contributed by atoms with Crippen LogP contribution >= 0.6 is 11.8 Å². The van der Waals surface area contributed by atoms with Crippen LogP contribution in [-0.4, -0.2) is 39.7 Å². The molecule has 1 aromatic carbocycles. The molecule has 1 aliphatic heterocycles. The summed E-state index contributed by atoms with van der Waals surface area (Å²) in [6, 6.07) is 6.14. The van der Waals surface area contributed by atoms with E-state index >= 15 is 0 Å². The highest BCUT2D eigenvalue weighted by Crippen LogP contribution is 2.24. The van der Waals surface area contributed by atoms with Crippen molar-refractivity contribution in [1.29, 1.82) is 0 Å². The van der Waals surface area contributed by atoms with E-state index in [1.807, 2.05) is 15.7 Å². The molecule has 0 bridgehead atoms. The van der Waals surface area contributed by atoms with E-state index in [1.54, 1.807) is 18.3 Å². The van der Waals surface area contributed by atoms with Gasteiger partial charge in [0.2, 0.25) is 0 Å². The van der Waals surface area contributed by atoms with Gasteiger partial charge in [-0.3, -0.25) is 9.36 Å². The molecular formula is C17H20FN3OS. The SMILES string of the molecule is CSc1ncc(C(=O)N2CCC(C)CC2)n1-c1ccc(F)cc1. The van der Waals surface area contributed by atoms with E-state index in [2.05, 4.69) is 11.9 Å². The molecule has 2 heterocycles.